The monoisotopic (exact) mass is 454 g/mol. The average Bonchev–Trinajstić information content (AvgIpc) is 3.26. The van der Waals surface area contributed by atoms with Crippen LogP contribution in [-0.2, 0) is 9.47 Å². The Hall–Kier alpha value is -3.01. The van der Waals surface area contributed by atoms with Crippen molar-refractivity contribution in [2.24, 2.45) is 0 Å². The highest BCUT2D eigenvalue weighted by atomic mass is 19.1. The van der Waals surface area contributed by atoms with E-state index in [1.165, 1.54) is 18.5 Å². The van der Waals surface area contributed by atoms with E-state index in [0.29, 0.717) is 37.1 Å². The fourth-order valence-electron chi connectivity index (χ4n) is 4.30. The molecule has 174 valence electrons. The molecule has 2 aliphatic rings. The van der Waals surface area contributed by atoms with Gasteiger partial charge in [-0.25, -0.2) is 14.4 Å². The molecule has 3 heterocycles. The third-order valence-corrected chi connectivity index (χ3v) is 5.94. The third-order valence-electron chi connectivity index (χ3n) is 5.94. The number of likely N-dealkylation sites (tertiary alicyclic amines) is 1. The van der Waals surface area contributed by atoms with E-state index in [9.17, 15) is 4.39 Å². The van der Waals surface area contributed by atoms with Crippen LogP contribution in [0.4, 0.5) is 15.9 Å². The maximum absolute atomic E-state index is 13.2. The van der Waals surface area contributed by atoms with E-state index in [1.807, 2.05) is 12.1 Å². The van der Waals surface area contributed by atoms with E-state index >= 15 is 0 Å². The topological polar surface area (TPSA) is 78.0 Å². The van der Waals surface area contributed by atoms with Crippen LogP contribution in [-0.4, -0.2) is 73.6 Å². The van der Waals surface area contributed by atoms with Gasteiger partial charge in [-0.1, -0.05) is 0 Å². The maximum atomic E-state index is 13.2. The Morgan fingerprint density at radius 1 is 1.06 bits per heavy atom. The Morgan fingerprint density at radius 2 is 1.82 bits per heavy atom. The molecule has 2 aromatic carbocycles. The second-order valence-corrected chi connectivity index (χ2v) is 8.15. The molecule has 2 unspecified atom stereocenters. The highest BCUT2D eigenvalue weighted by Crippen LogP contribution is 2.35. The summed E-state index contributed by atoms with van der Waals surface area (Å²) in [5, 5.41) is 4.01. The molecule has 0 aliphatic carbocycles. The number of methoxy groups -OCH3 is 1. The molecular formula is C24H27FN4O4. The van der Waals surface area contributed by atoms with E-state index in [0.717, 1.165) is 42.6 Å². The number of hydrogen-bond acceptors (Lipinski definition) is 8. The van der Waals surface area contributed by atoms with E-state index < -0.39 is 0 Å². The summed E-state index contributed by atoms with van der Waals surface area (Å²) >= 11 is 0. The van der Waals surface area contributed by atoms with Crippen LogP contribution >= 0.6 is 0 Å². The number of halogens is 1. The van der Waals surface area contributed by atoms with Crippen LogP contribution in [0.2, 0.25) is 0 Å². The number of nitrogens with one attached hydrogen (secondary N) is 1. The molecule has 33 heavy (non-hydrogen) atoms. The van der Waals surface area contributed by atoms with Gasteiger partial charge in [0, 0.05) is 36.8 Å². The molecule has 1 N–H and O–H groups in total. The van der Waals surface area contributed by atoms with Crippen LogP contribution in [0.1, 0.15) is 6.42 Å². The van der Waals surface area contributed by atoms with Crippen molar-refractivity contribution in [3.8, 4) is 11.5 Å². The van der Waals surface area contributed by atoms with Gasteiger partial charge in [0.25, 0.3) is 0 Å². The van der Waals surface area contributed by atoms with E-state index in [1.54, 1.807) is 19.2 Å². The van der Waals surface area contributed by atoms with Crippen LogP contribution in [0.5, 0.6) is 11.5 Å². The molecule has 5 rings (SSSR count). The van der Waals surface area contributed by atoms with E-state index in [4.69, 9.17) is 18.9 Å². The molecular weight excluding hydrogens is 427 g/mol. The summed E-state index contributed by atoms with van der Waals surface area (Å²) in [6.07, 6.45) is 2.72. The Morgan fingerprint density at radius 3 is 2.55 bits per heavy atom. The number of hydrogen-bond donors (Lipinski definition) is 1. The SMILES string of the molecule is COc1cc2ncnc(Nc3ccc(F)cc3)c2cc1OCCCN1CC2OCCOC2C1. The number of ether oxygens (including phenoxy) is 4. The van der Waals surface area contributed by atoms with Gasteiger partial charge in [0.2, 0.25) is 0 Å². The number of anilines is 2. The molecule has 0 saturated carbocycles. The van der Waals surface area contributed by atoms with Crippen molar-refractivity contribution < 1.29 is 23.3 Å². The molecule has 0 radical (unpaired) electrons. The smallest absolute Gasteiger partial charge is 0.162 e. The summed E-state index contributed by atoms with van der Waals surface area (Å²) < 4.78 is 36.4. The first-order valence-electron chi connectivity index (χ1n) is 11.1. The molecule has 2 atom stereocenters. The summed E-state index contributed by atoms with van der Waals surface area (Å²) in [6, 6.07) is 9.84. The summed E-state index contributed by atoms with van der Waals surface area (Å²) in [6.45, 7) is 4.63. The Labute approximate surface area is 191 Å². The number of rotatable bonds is 8. The van der Waals surface area contributed by atoms with Gasteiger partial charge < -0.3 is 24.3 Å². The lowest BCUT2D eigenvalue weighted by Crippen LogP contribution is -2.36. The van der Waals surface area contributed by atoms with Gasteiger partial charge in [0.1, 0.15) is 18.0 Å². The average molecular weight is 455 g/mol. The van der Waals surface area contributed by atoms with Gasteiger partial charge in [-0.05, 0) is 36.8 Å². The summed E-state index contributed by atoms with van der Waals surface area (Å²) in [7, 11) is 1.61. The van der Waals surface area contributed by atoms with E-state index in [-0.39, 0.29) is 18.0 Å². The van der Waals surface area contributed by atoms with Crippen molar-refractivity contribution in [2.75, 3.05) is 51.9 Å². The number of aromatic nitrogens is 2. The van der Waals surface area contributed by atoms with Crippen molar-refractivity contribution >= 4 is 22.4 Å². The largest absolute Gasteiger partial charge is 0.493 e. The van der Waals surface area contributed by atoms with Gasteiger partial charge in [-0.3, -0.25) is 4.90 Å². The first-order valence-corrected chi connectivity index (χ1v) is 11.1. The second kappa shape index (κ2) is 9.86. The van der Waals surface area contributed by atoms with Gasteiger partial charge in [-0.2, -0.15) is 0 Å². The van der Waals surface area contributed by atoms with Crippen LogP contribution in [0.15, 0.2) is 42.7 Å². The summed E-state index contributed by atoms with van der Waals surface area (Å²) in [5.74, 6) is 1.56. The summed E-state index contributed by atoms with van der Waals surface area (Å²) in [4.78, 5) is 11.1. The van der Waals surface area contributed by atoms with Gasteiger partial charge in [-0.15, -0.1) is 0 Å². The Balaban J connectivity index is 1.25. The first-order chi connectivity index (χ1) is 16.2. The molecule has 2 saturated heterocycles. The first kappa shape index (κ1) is 21.8. The minimum absolute atomic E-state index is 0.187. The molecule has 8 nitrogen and oxygen atoms in total. The van der Waals surface area contributed by atoms with Crippen molar-refractivity contribution in [1.29, 1.82) is 0 Å². The molecule has 2 fully saturated rings. The zero-order valence-corrected chi connectivity index (χ0v) is 18.5. The minimum atomic E-state index is -0.290. The minimum Gasteiger partial charge on any atom is -0.493 e. The number of fused-ring (bicyclic) bond motifs is 2. The third kappa shape index (κ3) is 5.00. The van der Waals surface area contributed by atoms with Crippen LogP contribution in [0, 0.1) is 5.82 Å². The van der Waals surface area contributed by atoms with Crippen LogP contribution in [0.25, 0.3) is 10.9 Å². The highest BCUT2D eigenvalue weighted by Gasteiger charge is 2.36. The number of benzene rings is 2. The highest BCUT2D eigenvalue weighted by molar-refractivity contribution is 5.93. The standard InChI is InChI=1S/C24H27FN4O4/c1-30-20-12-19-18(24(27-15-26-19)28-17-5-3-16(25)4-6-17)11-21(20)31-8-2-7-29-13-22-23(14-29)33-10-9-32-22/h3-6,11-12,15,22-23H,2,7-10,13-14H2,1H3,(H,26,27,28). The molecule has 1 aromatic heterocycles. The van der Waals surface area contributed by atoms with Crippen molar-refractivity contribution in [2.45, 2.75) is 18.6 Å². The Bertz CT molecular complexity index is 1080. The summed E-state index contributed by atoms with van der Waals surface area (Å²) in [5.41, 5.74) is 1.45. The van der Waals surface area contributed by atoms with Crippen molar-refractivity contribution in [3.63, 3.8) is 0 Å². The second-order valence-electron chi connectivity index (χ2n) is 8.15. The van der Waals surface area contributed by atoms with Crippen molar-refractivity contribution in [3.05, 3.63) is 48.5 Å². The Kier molecular flexibility index (Phi) is 6.52. The molecule has 3 aromatic rings. The zero-order chi connectivity index (χ0) is 22.6. The molecule has 0 bridgehead atoms. The lowest BCUT2D eigenvalue weighted by molar-refractivity contribution is -0.116. The normalized spacial score (nSPS) is 20.5. The fraction of sp³-hybridized carbons (Fsp3) is 0.417. The van der Waals surface area contributed by atoms with E-state index in [2.05, 4.69) is 20.2 Å². The predicted molar refractivity (Wildman–Crippen MR) is 122 cm³/mol. The molecule has 0 spiro atoms. The van der Waals surface area contributed by atoms with Gasteiger partial charge in [0.15, 0.2) is 11.5 Å². The van der Waals surface area contributed by atoms with Crippen molar-refractivity contribution in [1.82, 2.24) is 14.9 Å². The predicted octanol–water partition coefficient (Wildman–Crippen LogP) is 3.39. The molecule has 0 amide bonds. The lowest BCUT2D eigenvalue weighted by atomic mass is 10.2. The zero-order valence-electron chi connectivity index (χ0n) is 18.5. The lowest BCUT2D eigenvalue weighted by Gasteiger charge is -2.24. The number of nitrogens with zero attached hydrogens (tertiary/aromatic N) is 3. The van der Waals surface area contributed by atoms with Gasteiger partial charge in [0.05, 0.1) is 44.7 Å². The molecule has 2 aliphatic heterocycles. The maximum Gasteiger partial charge on any atom is 0.162 e. The molecule has 9 heteroatoms. The fourth-order valence-corrected chi connectivity index (χ4v) is 4.30. The van der Waals surface area contributed by atoms with Gasteiger partial charge >= 0.3 is 0 Å². The van der Waals surface area contributed by atoms with Crippen LogP contribution < -0.4 is 14.8 Å². The quantitative estimate of drug-likeness (QED) is 0.519. The van der Waals surface area contributed by atoms with Crippen LogP contribution in [0.3, 0.4) is 0 Å².